The summed E-state index contributed by atoms with van der Waals surface area (Å²) in [6.07, 6.45) is 1.13. The van der Waals surface area contributed by atoms with E-state index in [0.717, 1.165) is 25.1 Å². The van der Waals surface area contributed by atoms with Crippen molar-refractivity contribution < 1.29 is 13.9 Å². The summed E-state index contributed by atoms with van der Waals surface area (Å²) >= 11 is 0. The summed E-state index contributed by atoms with van der Waals surface area (Å²) in [5, 5.41) is 0. The summed E-state index contributed by atoms with van der Waals surface area (Å²) < 4.78 is 18.4. The molecule has 0 heterocycles. The molecule has 0 aliphatic carbocycles. The lowest BCUT2D eigenvalue weighted by Gasteiger charge is -2.23. The van der Waals surface area contributed by atoms with Crippen molar-refractivity contribution in [3.05, 3.63) is 35.1 Å². The summed E-state index contributed by atoms with van der Waals surface area (Å²) in [6.45, 7) is 9.09. The van der Waals surface area contributed by atoms with E-state index >= 15 is 0 Å². The van der Waals surface area contributed by atoms with Gasteiger partial charge in [-0.15, -0.1) is 0 Å². The molecule has 0 amide bonds. The molecule has 0 aromatic heterocycles. The molecule has 112 valence electrons. The second-order valence-electron chi connectivity index (χ2n) is 5.15. The van der Waals surface area contributed by atoms with Crippen LogP contribution in [0.4, 0.5) is 4.39 Å². The molecule has 0 bridgehead atoms. The number of rotatable bonds is 7. The smallest absolute Gasteiger partial charge is 0.340 e. The molecular weight excluding hydrogens is 257 g/mol. The Morgan fingerprint density at radius 2 is 2.10 bits per heavy atom. The van der Waals surface area contributed by atoms with Crippen LogP contribution in [0.25, 0.3) is 0 Å². The highest BCUT2D eigenvalue weighted by atomic mass is 19.1. The van der Waals surface area contributed by atoms with Crippen LogP contribution in [0.1, 0.15) is 43.1 Å². The van der Waals surface area contributed by atoms with E-state index in [2.05, 4.69) is 30.4 Å². The van der Waals surface area contributed by atoms with Gasteiger partial charge in [-0.2, -0.15) is 0 Å². The predicted molar refractivity (Wildman–Crippen MR) is 78.1 cm³/mol. The molecular formula is C16H24FNO2. The monoisotopic (exact) mass is 281 g/mol. The Morgan fingerprint density at radius 3 is 2.60 bits per heavy atom. The first kappa shape index (κ1) is 16.6. The number of methoxy groups -OCH3 is 1. The quantitative estimate of drug-likeness (QED) is 0.717. The molecule has 1 aromatic rings. The molecule has 4 heteroatoms. The van der Waals surface area contributed by atoms with Crippen molar-refractivity contribution in [3.63, 3.8) is 0 Å². The molecule has 1 atom stereocenters. The lowest BCUT2D eigenvalue weighted by molar-refractivity contribution is 0.0595. The van der Waals surface area contributed by atoms with E-state index in [-0.39, 0.29) is 5.56 Å². The van der Waals surface area contributed by atoms with Crippen LogP contribution in [-0.4, -0.2) is 31.1 Å². The zero-order valence-electron chi connectivity index (χ0n) is 12.8. The van der Waals surface area contributed by atoms with Gasteiger partial charge in [-0.3, -0.25) is 4.90 Å². The molecule has 0 spiro atoms. The Balaban J connectivity index is 2.77. The van der Waals surface area contributed by atoms with Crippen LogP contribution in [0.2, 0.25) is 0 Å². The number of hydrogen-bond acceptors (Lipinski definition) is 3. The van der Waals surface area contributed by atoms with E-state index in [0.29, 0.717) is 12.5 Å². The van der Waals surface area contributed by atoms with Gasteiger partial charge < -0.3 is 4.74 Å². The van der Waals surface area contributed by atoms with Gasteiger partial charge in [0.05, 0.1) is 12.7 Å². The number of ether oxygens (including phenoxy) is 1. The Labute approximate surface area is 120 Å². The normalized spacial score (nSPS) is 12.5. The van der Waals surface area contributed by atoms with Gasteiger partial charge in [0.25, 0.3) is 0 Å². The van der Waals surface area contributed by atoms with Gasteiger partial charge in [-0.1, -0.05) is 33.3 Å². The van der Waals surface area contributed by atoms with Crippen LogP contribution in [0, 0.1) is 11.7 Å². The fraction of sp³-hybridized carbons (Fsp3) is 0.562. The molecule has 0 N–H and O–H groups in total. The summed E-state index contributed by atoms with van der Waals surface area (Å²) in [4.78, 5) is 13.6. The van der Waals surface area contributed by atoms with Crippen LogP contribution < -0.4 is 0 Å². The Hall–Kier alpha value is -1.42. The maximum absolute atomic E-state index is 13.9. The molecule has 0 saturated heterocycles. The number of hydrogen-bond donors (Lipinski definition) is 0. The fourth-order valence-corrected chi connectivity index (χ4v) is 2.07. The van der Waals surface area contributed by atoms with Crippen molar-refractivity contribution >= 4 is 5.97 Å². The van der Waals surface area contributed by atoms with Crippen LogP contribution in [-0.2, 0) is 11.3 Å². The molecule has 3 nitrogen and oxygen atoms in total. The number of nitrogens with zero attached hydrogens (tertiary/aromatic N) is 1. The Bertz CT molecular complexity index is 448. The summed E-state index contributed by atoms with van der Waals surface area (Å²) in [6, 6.07) is 4.70. The molecule has 20 heavy (non-hydrogen) atoms. The molecule has 1 aromatic carbocycles. The molecule has 1 rings (SSSR count). The average molecular weight is 281 g/mol. The second kappa shape index (κ2) is 8.00. The van der Waals surface area contributed by atoms with Crippen molar-refractivity contribution in [2.24, 2.45) is 5.92 Å². The van der Waals surface area contributed by atoms with Crippen molar-refractivity contribution in [1.29, 1.82) is 0 Å². The third kappa shape index (κ3) is 4.60. The van der Waals surface area contributed by atoms with Crippen LogP contribution >= 0.6 is 0 Å². The van der Waals surface area contributed by atoms with Gasteiger partial charge >= 0.3 is 5.97 Å². The number of carbonyl (C=O) groups excluding carboxylic acids is 1. The molecule has 0 saturated carbocycles. The van der Waals surface area contributed by atoms with Gasteiger partial charge in [0.1, 0.15) is 5.82 Å². The van der Waals surface area contributed by atoms with E-state index in [1.165, 1.54) is 19.2 Å². The minimum atomic E-state index is -0.638. The summed E-state index contributed by atoms with van der Waals surface area (Å²) in [7, 11) is 1.25. The first-order valence-electron chi connectivity index (χ1n) is 7.10. The highest BCUT2D eigenvalue weighted by Crippen LogP contribution is 2.14. The minimum Gasteiger partial charge on any atom is -0.465 e. The highest BCUT2D eigenvalue weighted by Gasteiger charge is 2.14. The van der Waals surface area contributed by atoms with E-state index in [9.17, 15) is 9.18 Å². The van der Waals surface area contributed by atoms with Gasteiger partial charge in [0, 0.05) is 13.1 Å². The number of benzene rings is 1. The van der Waals surface area contributed by atoms with E-state index in [1.54, 1.807) is 6.07 Å². The Kier molecular flexibility index (Phi) is 6.65. The van der Waals surface area contributed by atoms with Crippen LogP contribution in [0.15, 0.2) is 18.2 Å². The van der Waals surface area contributed by atoms with E-state index < -0.39 is 11.8 Å². The fourth-order valence-electron chi connectivity index (χ4n) is 2.07. The third-order valence-corrected chi connectivity index (χ3v) is 3.56. The topological polar surface area (TPSA) is 29.5 Å². The Morgan fingerprint density at radius 1 is 1.40 bits per heavy atom. The first-order chi connectivity index (χ1) is 9.51. The molecule has 0 radical (unpaired) electrons. The lowest BCUT2D eigenvalue weighted by atomic mass is 10.1. The van der Waals surface area contributed by atoms with Crippen LogP contribution in [0.5, 0.6) is 0 Å². The van der Waals surface area contributed by atoms with Crippen molar-refractivity contribution in [3.8, 4) is 0 Å². The van der Waals surface area contributed by atoms with E-state index in [1.807, 2.05) is 0 Å². The molecule has 1 unspecified atom stereocenters. The zero-order chi connectivity index (χ0) is 15.1. The maximum atomic E-state index is 13.9. The van der Waals surface area contributed by atoms with Gasteiger partial charge in [0.2, 0.25) is 0 Å². The maximum Gasteiger partial charge on any atom is 0.340 e. The first-order valence-corrected chi connectivity index (χ1v) is 7.10. The van der Waals surface area contributed by atoms with Gasteiger partial charge in [0.15, 0.2) is 0 Å². The van der Waals surface area contributed by atoms with Crippen molar-refractivity contribution in [2.45, 2.75) is 33.7 Å². The third-order valence-electron chi connectivity index (χ3n) is 3.56. The second-order valence-corrected chi connectivity index (χ2v) is 5.15. The molecule has 0 fully saturated rings. The van der Waals surface area contributed by atoms with Gasteiger partial charge in [-0.25, -0.2) is 9.18 Å². The molecule has 0 aliphatic heterocycles. The lowest BCUT2D eigenvalue weighted by Crippen LogP contribution is -2.28. The number of halogens is 1. The number of esters is 1. The van der Waals surface area contributed by atoms with Crippen molar-refractivity contribution in [1.82, 2.24) is 4.90 Å². The molecule has 0 aliphatic rings. The SMILES string of the molecule is CCC(C)CN(CC)Cc1ccc(C(=O)OC)c(F)c1. The zero-order valence-corrected chi connectivity index (χ0v) is 12.8. The average Bonchev–Trinajstić information content (AvgIpc) is 2.45. The predicted octanol–water partition coefficient (Wildman–Crippen LogP) is 3.48. The standard InChI is InChI=1S/C16H24FNO2/c1-5-12(3)10-18(6-2)11-13-7-8-14(15(17)9-13)16(19)20-4/h7-9,12H,5-6,10-11H2,1-4H3. The van der Waals surface area contributed by atoms with Crippen molar-refractivity contribution in [2.75, 3.05) is 20.2 Å². The largest absolute Gasteiger partial charge is 0.465 e. The van der Waals surface area contributed by atoms with Crippen LogP contribution in [0.3, 0.4) is 0 Å². The van der Waals surface area contributed by atoms with Gasteiger partial charge in [-0.05, 0) is 30.2 Å². The summed E-state index contributed by atoms with van der Waals surface area (Å²) in [5.41, 5.74) is 0.863. The number of carbonyl (C=O) groups is 1. The minimum absolute atomic E-state index is 0.0128. The highest BCUT2D eigenvalue weighted by molar-refractivity contribution is 5.89. The van der Waals surface area contributed by atoms with E-state index in [4.69, 9.17) is 0 Å². The summed E-state index contributed by atoms with van der Waals surface area (Å²) in [5.74, 6) is -0.538.